The summed E-state index contributed by atoms with van der Waals surface area (Å²) >= 11 is 1.20. The summed E-state index contributed by atoms with van der Waals surface area (Å²) in [5.74, 6) is 1.26. The molecule has 0 saturated carbocycles. The minimum absolute atomic E-state index is 0.201. The van der Waals surface area contributed by atoms with Gasteiger partial charge in [-0.2, -0.15) is 0 Å². The van der Waals surface area contributed by atoms with Crippen molar-refractivity contribution in [3.05, 3.63) is 67.5 Å². The van der Waals surface area contributed by atoms with E-state index in [4.69, 9.17) is 13.9 Å². The maximum Gasteiger partial charge on any atom is 0.266 e. The fraction of sp³-hybridized carbons (Fsp3) is 0.0588. The van der Waals surface area contributed by atoms with E-state index in [1.807, 2.05) is 6.07 Å². The zero-order valence-electron chi connectivity index (χ0n) is 12.3. The van der Waals surface area contributed by atoms with E-state index >= 15 is 0 Å². The number of aromatic nitrogens is 1. The highest BCUT2D eigenvalue weighted by atomic mass is 32.1. The summed E-state index contributed by atoms with van der Waals surface area (Å²) in [6.45, 7) is 0.201. The SMILES string of the molecule is O=C(/C=c1\[nH]c(=O)/c(=C\c2ccc3c(c2)OCO3)s1)c1ccco1. The lowest BCUT2D eigenvalue weighted by Gasteiger charge is -1.96. The largest absolute Gasteiger partial charge is 0.461 e. The van der Waals surface area contributed by atoms with Gasteiger partial charge in [0.25, 0.3) is 5.56 Å². The average Bonchev–Trinajstić information content (AvgIpc) is 3.29. The molecule has 0 saturated heterocycles. The van der Waals surface area contributed by atoms with E-state index in [-0.39, 0.29) is 23.9 Å². The quantitative estimate of drug-likeness (QED) is 0.725. The molecule has 1 N–H and O–H groups in total. The van der Waals surface area contributed by atoms with E-state index in [0.29, 0.717) is 20.7 Å². The minimum atomic E-state index is -0.299. The Hall–Kier alpha value is -3.06. The molecule has 0 bridgehead atoms. The van der Waals surface area contributed by atoms with Gasteiger partial charge in [-0.1, -0.05) is 6.07 Å². The van der Waals surface area contributed by atoms with Crippen molar-refractivity contribution in [1.29, 1.82) is 0 Å². The predicted octanol–water partition coefficient (Wildman–Crippen LogP) is 1.25. The van der Waals surface area contributed by atoms with Gasteiger partial charge in [-0.05, 0) is 35.9 Å². The van der Waals surface area contributed by atoms with Gasteiger partial charge in [-0.25, -0.2) is 0 Å². The molecule has 3 heterocycles. The van der Waals surface area contributed by atoms with Crippen molar-refractivity contribution >= 4 is 29.3 Å². The van der Waals surface area contributed by atoms with Gasteiger partial charge in [0.2, 0.25) is 12.6 Å². The Morgan fingerprint density at radius 3 is 2.92 bits per heavy atom. The van der Waals surface area contributed by atoms with Crippen LogP contribution in [0.5, 0.6) is 11.5 Å². The Morgan fingerprint density at radius 2 is 2.08 bits per heavy atom. The third-order valence-electron chi connectivity index (χ3n) is 3.40. The smallest absolute Gasteiger partial charge is 0.266 e. The number of ether oxygens (including phenoxy) is 2. The normalized spacial score (nSPS) is 14.3. The molecule has 0 atom stereocenters. The van der Waals surface area contributed by atoms with Gasteiger partial charge >= 0.3 is 0 Å². The molecule has 4 rings (SSSR count). The number of thiazole rings is 1. The molecular weight excluding hydrogens is 330 g/mol. The van der Waals surface area contributed by atoms with Gasteiger partial charge in [-0.15, -0.1) is 11.3 Å². The minimum Gasteiger partial charge on any atom is -0.461 e. The number of hydrogen-bond donors (Lipinski definition) is 1. The van der Waals surface area contributed by atoms with Crippen molar-refractivity contribution in [2.75, 3.05) is 6.79 Å². The van der Waals surface area contributed by atoms with E-state index in [2.05, 4.69) is 4.98 Å². The van der Waals surface area contributed by atoms with Crippen LogP contribution in [0.1, 0.15) is 16.1 Å². The van der Waals surface area contributed by atoms with Gasteiger partial charge in [0, 0.05) is 6.08 Å². The summed E-state index contributed by atoms with van der Waals surface area (Å²) in [5, 5.41) is 0. The van der Waals surface area contributed by atoms with Gasteiger partial charge < -0.3 is 18.9 Å². The van der Waals surface area contributed by atoms with Crippen LogP contribution in [0, 0.1) is 0 Å². The third kappa shape index (κ3) is 2.77. The lowest BCUT2D eigenvalue weighted by molar-refractivity contribution is 0.103. The molecule has 2 aromatic heterocycles. The summed E-state index contributed by atoms with van der Waals surface area (Å²) in [7, 11) is 0. The molecule has 7 heteroatoms. The fourth-order valence-corrected chi connectivity index (χ4v) is 3.17. The molecule has 0 radical (unpaired) electrons. The number of H-pyrrole nitrogens is 1. The number of aromatic amines is 1. The van der Waals surface area contributed by atoms with Crippen LogP contribution in [0.2, 0.25) is 0 Å². The summed E-state index contributed by atoms with van der Waals surface area (Å²) in [6, 6.07) is 8.65. The predicted molar refractivity (Wildman–Crippen MR) is 87.8 cm³/mol. The van der Waals surface area contributed by atoms with Crippen LogP contribution in [0.3, 0.4) is 0 Å². The van der Waals surface area contributed by atoms with Gasteiger partial charge in [0.1, 0.15) is 0 Å². The fourth-order valence-electron chi connectivity index (χ4n) is 2.29. The zero-order valence-corrected chi connectivity index (χ0v) is 13.1. The van der Waals surface area contributed by atoms with Crippen molar-refractivity contribution in [2.24, 2.45) is 0 Å². The van der Waals surface area contributed by atoms with Crippen molar-refractivity contribution in [1.82, 2.24) is 4.98 Å². The van der Waals surface area contributed by atoms with E-state index in [1.54, 1.807) is 30.3 Å². The number of furan rings is 1. The second-order valence-corrected chi connectivity index (χ2v) is 6.11. The number of rotatable bonds is 3. The maximum atomic E-state index is 12.1. The average molecular weight is 341 g/mol. The summed E-state index contributed by atoms with van der Waals surface area (Å²) in [6.07, 6.45) is 4.51. The number of carbonyl (C=O) groups is 1. The van der Waals surface area contributed by atoms with Crippen molar-refractivity contribution in [2.45, 2.75) is 0 Å². The number of ketones is 1. The van der Waals surface area contributed by atoms with Crippen LogP contribution in [0.4, 0.5) is 0 Å². The molecule has 1 aliphatic rings. The number of hydrogen-bond acceptors (Lipinski definition) is 6. The number of fused-ring (bicyclic) bond motifs is 1. The Labute approximate surface area is 139 Å². The molecule has 6 nitrogen and oxygen atoms in total. The molecule has 1 aromatic carbocycles. The highest BCUT2D eigenvalue weighted by Crippen LogP contribution is 2.32. The number of Topliss-reactive ketones (excluding diaryl/α,β-unsaturated/α-hetero) is 1. The second kappa shape index (κ2) is 5.86. The first-order valence-corrected chi connectivity index (χ1v) is 7.91. The molecule has 0 unspecified atom stereocenters. The summed E-state index contributed by atoms with van der Waals surface area (Å²) in [5.41, 5.74) is 0.562. The van der Waals surface area contributed by atoms with Crippen LogP contribution in [-0.4, -0.2) is 17.6 Å². The molecule has 0 fully saturated rings. The third-order valence-corrected chi connectivity index (χ3v) is 4.36. The highest BCUT2D eigenvalue weighted by molar-refractivity contribution is 7.07. The topological polar surface area (TPSA) is 81.5 Å². The standard InChI is InChI=1S/C17H11NO5S/c19-11(12-2-1-5-21-12)8-16-18-17(20)15(24-16)7-10-3-4-13-14(6-10)23-9-22-13/h1-8H,9H2,(H,18,20)/b15-7+,16-8+. The maximum absolute atomic E-state index is 12.1. The van der Waals surface area contributed by atoms with Gasteiger partial charge in [0.05, 0.1) is 15.5 Å². The number of carbonyl (C=O) groups excluding carboxylic acids is 1. The Kier molecular flexibility index (Phi) is 3.55. The molecule has 24 heavy (non-hydrogen) atoms. The first kappa shape index (κ1) is 14.5. The van der Waals surface area contributed by atoms with Crippen molar-refractivity contribution < 1.29 is 18.7 Å². The summed E-state index contributed by atoms with van der Waals surface area (Å²) in [4.78, 5) is 26.7. The van der Waals surface area contributed by atoms with Crippen LogP contribution in [-0.2, 0) is 0 Å². The van der Waals surface area contributed by atoms with E-state index in [0.717, 1.165) is 5.56 Å². The Bertz CT molecular complexity index is 1080. The van der Waals surface area contributed by atoms with Gasteiger partial charge in [-0.3, -0.25) is 9.59 Å². The van der Waals surface area contributed by atoms with E-state index < -0.39 is 0 Å². The van der Waals surface area contributed by atoms with Gasteiger partial charge in [0.15, 0.2) is 17.3 Å². The number of benzene rings is 1. The second-order valence-electron chi connectivity index (χ2n) is 5.03. The molecular formula is C17H11NO5S. The van der Waals surface area contributed by atoms with Crippen LogP contribution in [0.25, 0.3) is 12.2 Å². The molecule has 0 amide bonds. The zero-order chi connectivity index (χ0) is 16.5. The highest BCUT2D eigenvalue weighted by Gasteiger charge is 2.12. The Morgan fingerprint density at radius 1 is 1.21 bits per heavy atom. The van der Waals surface area contributed by atoms with Crippen LogP contribution < -0.4 is 24.2 Å². The first-order valence-electron chi connectivity index (χ1n) is 7.09. The first-order chi connectivity index (χ1) is 11.7. The monoisotopic (exact) mass is 341 g/mol. The Balaban J connectivity index is 1.71. The van der Waals surface area contributed by atoms with E-state index in [1.165, 1.54) is 23.7 Å². The van der Waals surface area contributed by atoms with Crippen LogP contribution >= 0.6 is 11.3 Å². The summed E-state index contributed by atoms with van der Waals surface area (Å²) < 4.78 is 16.6. The molecule has 3 aromatic rings. The molecule has 0 aliphatic carbocycles. The van der Waals surface area contributed by atoms with Crippen LogP contribution in [0.15, 0.2) is 45.8 Å². The number of nitrogens with one attached hydrogen (secondary N) is 1. The molecule has 0 spiro atoms. The molecule has 1 aliphatic heterocycles. The molecule has 120 valence electrons. The lowest BCUT2D eigenvalue weighted by atomic mass is 10.2. The van der Waals surface area contributed by atoms with Crippen molar-refractivity contribution in [3.63, 3.8) is 0 Å². The van der Waals surface area contributed by atoms with E-state index in [9.17, 15) is 9.59 Å². The lowest BCUT2D eigenvalue weighted by Crippen LogP contribution is -2.19. The van der Waals surface area contributed by atoms with Crippen molar-refractivity contribution in [3.8, 4) is 11.5 Å².